The van der Waals surface area contributed by atoms with Crippen molar-refractivity contribution in [3.8, 4) is 0 Å². The molecular formula is C12H21NOS. The van der Waals surface area contributed by atoms with E-state index in [-0.39, 0.29) is 12.1 Å². The van der Waals surface area contributed by atoms with Crippen molar-refractivity contribution in [3.63, 3.8) is 0 Å². The first-order valence-corrected chi connectivity index (χ1v) is 6.24. The highest BCUT2D eigenvalue weighted by atomic mass is 32.1. The zero-order chi connectivity index (χ0) is 11.6. The molecule has 0 aliphatic rings. The Morgan fingerprint density at radius 2 is 1.87 bits per heavy atom. The maximum absolute atomic E-state index is 9.43. The number of aliphatic hydroxyl groups is 1. The van der Waals surface area contributed by atoms with Crippen LogP contribution in [0.1, 0.15) is 42.1 Å². The second-order valence-electron chi connectivity index (χ2n) is 4.29. The van der Waals surface area contributed by atoms with Crippen molar-refractivity contribution in [1.82, 2.24) is 5.32 Å². The summed E-state index contributed by atoms with van der Waals surface area (Å²) >= 11 is 1.83. The highest BCUT2D eigenvalue weighted by Crippen LogP contribution is 2.26. The Morgan fingerprint density at radius 1 is 1.27 bits per heavy atom. The van der Waals surface area contributed by atoms with Gasteiger partial charge in [-0.25, -0.2) is 0 Å². The van der Waals surface area contributed by atoms with Crippen LogP contribution in [0.15, 0.2) is 6.07 Å². The SMILES string of the molecule is Cc1cc(C(C)NC(C)C(C)O)c(C)s1. The summed E-state index contributed by atoms with van der Waals surface area (Å²) in [5.74, 6) is 0. The summed E-state index contributed by atoms with van der Waals surface area (Å²) in [6.07, 6.45) is -0.313. The molecule has 0 aliphatic carbocycles. The van der Waals surface area contributed by atoms with Gasteiger partial charge in [0.05, 0.1) is 6.10 Å². The zero-order valence-corrected chi connectivity index (χ0v) is 11.0. The first kappa shape index (κ1) is 12.7. The van der Waals surface area contributed by atoms with Crippen molar-refractivity contribution in [2.24, 2.45) is 0 Å². The van der Waals surface area contributed by atoms with E-state index in [0.29, 0.717) is 6.04 Å². The third-order valence-electron chi connectivity index (χ3n) is 2.78. The monoisotopic (exact) mass is 227 g/mol. The van der Waals surface area contributed by atoms with Crippen molar-refractivity contribution in [1.29, 1.82) is 0 Å². The zero-order valence-electron chi connectivity index (χ0n) is 10.2. The minimum atomic E-state index is -0.313. The maximum atomic E-state index is 9.43. The van der Waals surface area contributed by atoms with Crippen molar-refractivity contribution >= 4 is 11.3 Å². The van der Waals surface area contributed by atoms with Crippen LogP contribution in [0.5, 0.6) is 0 Å². The van der Waals surface area contributed by atoms with Gasteiger partial charge in [0, 0.05) is 21.8 Å². The summed E-state index contributed by atoms with van der Waals surface area (Å²) in [6.45, 7) is 10.3. The van der Waals surface area contributed by atoms with E-state index in [1.165, 1.54) is 15.3 Å². The Bertz CT molecular complexity index is 319. The number of aryl methyl sites for hydroxylation is 2. The Balaban J connectivity index is 2.68. The Kier molecular flexibility index (Phi) is 4.32. The smallest absolute Gasteiger partial charge is 0.0662 e. The quantitative estimate of drug-likeness (QED) is 0.829. The van der Waals surface area contributed by atoms with E-state index in [1.807, 2.05) is 25.2 Å². The van der Waals surface area contributed by atoms with Gasteiger partial charge in [-0.3, -0.25) is 0 Å². The largest absolute Gasteiger partial charge is 0.392 e. The summed E-state index contributed by atoms with van der Waals surface area (Å²) in [6, 6.07) is 2.66. The summed E-state index contributed by atoms with van der Waals surface area (Å²) in [5.41, 5.74) is 1.35. The summed E-state index contributed by atoms with van der Waals surface area (Å²) in [7, 11) is 0. The van der Waals surface area contributed by atoms with Gasteiger partial charge in [0.2, 0.25) is 0 Å². The lowest BCUT2D eigenvalue weighted by molar-refractivity contribution is 0.147. The van der Waals surface area contributed by atoms with Crippen molar-refractivity contribution in [2.75, 3.05) is 0 Å². The van der Waals surface area contributed by atoms with Gasteiger partial charge in [-0.2, -0.15) is 0 Å². The van der Waals surface area contributed by atoms with Crippen LogP contribution < -0.4 is 5.32 Å². The summed E-state index contributed by atoms with van der Waals surface area (Å²) in [5, 5.41) is 12.8. The molecule has 0 spiro atoms. The van der Waals surface area contributed by atoms with Gasteiger partial charge < -0.3 is 10.4 Å². The van der Waals surface area contributed by atoms with E-state index in [2.05, 4.69) is 32.2 Å². The van der Waals surface area contributed by atoms with E-state index in [0.717, 1.165) is 0 Å². The second kappa shape index (κ2) is 5.10. The van der Waals surface area contributed by atoms with Crippen LogP contribution in [-0.4, -0.2) is 17.3 Å². The van der Waals surface area contributed by atoms with Gasteiger partial charge in [0.1, 0.15) is 0 Å². The van der Waals surface area contributed by atoms with Crippen molar-refractivity contribution in [2.45, 2.75) is 52.8 Å². The predicted molar refractivity (Wildman–Crippen MR) is 66.5 cm³/mol. The molecule has 3 atom stereocenters. The normalized spacial score (nSPS) is 17.5. The van der Waals surface area contributed by atoms with Gasteiger partial charge in [-0.15, -0.1) is 11.3 Å². The molecule has 0 radical (unpaired) electrons. The van der Waals surface area contributed by atoms with Crippen LogP contribution in [0, 0.1) is 13.8 Å². The topological polar surface area (TPSA) is 32.3 Å². The van der Waals surface area contributed by atoms with Crippen LogP contribution in [0.25, 0.3) is 0 Å². The van der Waals surface area contributed by atoms with Gasteiger partial charge in [-0.05, 0) is 46.2 Å². The average Bonchev–Trinajstić information content (AvgIpc) is 2.44. The fraction of sp³-hybridized carbons (Fsp3) is 0.667. The molecule has 15 heavy (non-hydrogen) atoms. The van der Waals surface area contributed by atoms with Gasteiger partial charge in [-0.1, -0.05) is 0 Å². The molecule has 0 amide bonds. The molecule has 3 heteroatoms. The lowest BCUT2D eigenvalue weighted by Gasteiger charge is -2.22. The number of rotatable bonds is 4. The second-order valence-corrected chi connectivity index (χ2v) is 5.75. The van der Waals surface area contributed by atoms with E-state index < -0.39 is 0 Å². The minimum Gasteiger partial charge on any atom is -0.392 e. The molecule has 2 N–H and O–H groups in total. The van der Waals surface area contributed by atoms with Gasteiger partial charge in [0.25, 0.3) is 0 Å². The Hall–Kier alpha value is -0.380. The molecule has 0 fully saturated rings. The number of thiophene rings is 1. The average molecular weight is 227 g/mol. The first-order valence-electron chi connectivity index (χ1n) is 5.43. The van der Waals surface area contributed by atoms with Crippen LogP contribution in [0.2, 0.25) is 0 Å². The first-order chi connectivity index (χ1) is 6.91. The van der Waals surface area contributed by atoms with Crippen molar-refractivity contribution < 1.29 is 5.11 Å². The standard InChI is InChI=1S/C12H21NOS/c1-7-6-12(11(5)15-7)9(3)13-8(2)10(4)14/h6,8-10,13-14H,1-5H3. The highest BCUT2D eigenvalue weighted by molar-refractivity contribution is 7.12. The molecule has 1 aromatic heterocycles. The molecule has 2 nitrogen and oxygen atoms in total. The molecule has 0 aliphatic heterocycles. The minimum absolute atomic E-state index is 0.125. The maximum Gasteiger partial charge on any atom is 0.0662 e. The number of hydrogen-bond donors (Lipinski definition) is 2. The van der Waals surface area contributed by atoms with Crippen molar-refractivity contribution in [3.05, 3.63) is 21.4 Å². The van der Waals surface area contributed by atoms with Gasteiger partial charge >= 0.3 is 0 Å². The van der Waals surface area contributed by atoms with E-state index >= 15 is 0 Å². The highest BCUT2D eigenvalue weighted by Gasteiger charge is 2.15. The molecule has 3 unspecified atom stereocenters. The van der Waals surface area contributed by atoms with Crippen LogP contribution in [0.4, 0.5) is 0 Å². The number of hydrogen-bond acceptors (Lipinski definition) is 3. The fourth-order valence-corrected chi connectivity index (χ4v) is 2.73. The third kappa shape index (κ3) is 3.30. The van der Waals surface area contributed by atoms with Gasteiger partial charge in [0.15, 0.2) is 0 Å². The Labute approximate surface area is 96.3 Å². The fourth-order valence-electron chi connectivity index (χ4n) is 1.70. The third-order valence-corrected chi connectivity index (χ3v) is 3.76. The molecule has 0 bridgehead atoms. The Morgan fingerprint density at radius 3 is 2.27 bits per heavy atom. The number of nitrogens with one attached hydrogen (secondary N) is 1. The van der Waals surface area contributed by atoms with Crippen LogP contribution in [-0.2, 0) is 0 Å². The van der Waals surface area contributed by atoms with E-state index in [1.54, 1.807) is 0 Å². The lowest BCUT2D eigenvalue weighted by atomic mass is 10.1. The van der Waals surface area contributed by atoms with Crippen LogP contribution >= 0.6 is 11.3 Å². The van der Waals surface area contributed by atoms with E-state index in [9.17, 15) is 5.11 Å². The molecule has 86 valence electrons. The van der Waals surface area contributed by atoms with E-state index in [4.69, 9.17) is 0 Å². The predicted octanol–water partition coefficient (Wildman–Crippen LogP) is 2.78. The molecule has 0 aromatic carbocycles. The molecule has 0 saturated carbocycles. The number of aliphatic hydroxyl groups excluding tert-OH is 1. The summed E-state index contributed by atoms with van der Waals surface area (Å²) in [4.78, 5) is 2.71. The molecule has 0 saturated heterocycles. The molecule has 1 aromatic rings. The summed E-state index contributed by atoms with van der Waals surface area (Å²) < 4.78 is 0. The molecule has 1 heterocycles. The lowest BCUT2D eigenvalue weighted by Crippen LogP contribution is -2.37. The molecular weight excluding hydrogens is 206 g/mol. The van der Waals surface area contributed by atoms with Crippen LogP contribution in [0.3, 0.4) is 0 Å². The molecule has 1 rings (SSSR count).